The van der Waals surface area contributed by atoms with Crippen LogP contribution in [0, 0.1) is 6.92 Å². The van der Waals surface area contributed by atoms with Gasteiger partial charge in [0, 0.05) is 18.9 Å². The number of nitrogens with two attached hydrogens (primary N) is 1. The normalized spacial score (nSPS) is 20.4. The number of amides is 1. The molecule has 0 unspecified atom stereocenters. The Morgan fingerprint density at radius 1 is 1.18 bits per heavy atom. The van der Waals surface area contributed by atoms with Crippen LogP contribution in [-0.4, -0.2) is 29.6 Å². The van der Waals surface area contributed by atoms with Crippen LogP contribution in [-0.2, 0) is 4.79 Å². The first-order chi connectivity index (χ1) is 10.2. The lowest BCUT2D eigenvalue weighted by Gasteiger charge is -2.43. The molecule has 1 aromatic carbocycles. The van der Waals surface area contributed by atoms with Gasteiger partial charge in [-0.15, -0.1) is 0 Å². The van der Waals surface area contributed by atoms with Gasteiger partial charge in [-0.25, -0.2) is 0 Å². The van der Waals surface area contributed by atoms with Gasteiger partial charge in [-0.1, -0.05) is 17.7 Å². The zero-order chi connectivity index (χ0) is 16.4. The van der Waals surface area contributed by atoms with Gasteiger partial charge < -0.3 is 15.4 Å². The van der Waals surface area contributed by atoms with Crippen LogP contribution >= 0.6 is 0 Å². The van der Waals surface area contributed by atoms with E-state index in [2.05, 4.69) is 38.3 Å². The van der Waals surface area contributed by atoms with Crippen molar-refractivity contribution in [3.05, 3.63) is 29.8 Å². The van der Waals surface area contributed by atoms with E-state index in [1.165, 1.54) is 5.56 Å². The number of carbonyl (C=O) groups excluding carboxylic acids is 1. The van der Waals surface area contributed by atoms with Gasteiger partial charge >= 0.3 is 0 Å². The third-order valence-corrected chi connectivity index (χ3v) is 4.08. The lowest BCUT2D eigenvalue weighted by Crippen LogP contribution is -3.06. The molecule has 1 aliphatic rings. The number of ether oxygens (including phenoxy) is 1. The SMILES string of the molecule is Cc1ccc(OCC(=O)NC2CC(C)(C)[NH2+]C(C)(C)C2)cc1. The molecule has 1 fully saturated rings. The molecule has 4 nitrogen and oxygen atoms in total. The second kappa shape index (κ2) is 6.29. The molecule has 0 aliphatic carbocycles. The highest BCUT2D eigenvalue weighted by Gasteiger charge is 2.42. The first kappa shape index (κ1) is 16.8. The fourth-order valence-electron chi connectivity index (χ4n) is 3.67. The van der Waals surface area contributed by atoms with Crippen molar-refractivity contribution in [1.82, 2.24) is 5.32 Å². The minimum atomic E-state index is -0.0425. The molecule has 0 aromatic heterocycles. The Bertz CT molecular complexity index is 504. The lowest BCUT2D eigenvalue weighted by molar-refractivity contribution is -0.787. The number of quaternary nitrogens is 1. The number of hydrogen-bond acceptors (Lipinski definition) is 2. The molecule has 1 saturated heterocycles. The van der Waals surface area contributed by atoms with E-state index >= 15 is 0 Å². The van der Waals surface area contributed by atoms with Crippen LogP contribution in [0.3, 0.4) is 0 Å². The van der Waals surface area contributed by atoms with Gasteiger partial charge in [0.1, 0.15) is 5.75 Å². The summed E-state index contributed by atoms with van der Waals surface area (Å²) in [4.78, 5) is 12.1. The van der Waals surface area contributed by atoms with Crippen molar-refractivity contribution in [2.75, 3.05) is 6.61 Å². The average Bonchev–Trinajstić information content (AvgIpc) is 2.34. The third-order valence-electron chi connectivity index (χ3n) is 4.08. The van der Waals surface area contributed by atoms with Crippen molar-refractivity contribution in [2.45, 2.75) is 64.6 Å². The molecule has 122 valence electrons. The van der Waals surface area contributed by atoms with Gasteiger partial charge in [-0.3, -0.25) is 4.79 Å². The fraction of sp³-hybridized carbons (Fsp3) is 0.611. The first-order valence-electron chi connectivity index (χ1n) is 8.01. The van der Waals surface area contributed by atoms with E-state index in [-0.39, 0.29) is 29.6 Å². The second-order valence-electron chi connectivity index (χ2n) is 7.90. The van der Waals surface area contributed by atoms with Crippen molar-refractivity contribution >= 4 is 5.91 Å². The standard InChI is InChI=1S/C18H28N2O2/c1-13-6-8-15(9-7-13)22-12-16(21)19-14-10-17(2,3)20-18(4,5)11-14/h6-9,14,20H,10-12H2,1-5H3,(H,19,21)/p+1. The number of nitrogens with one attached hydrogen (secondary N) is 1. The number of piperidine rings is 1. The molecule has 3 N–H and O–H groups in total. The summed E-state index contributed by atoms with van der Waals surface area (Å²) in [6, 6.07) is 7.96. The van der Waals surface area contributed by atoms with Crippen LogP contribution < -0.4 is 15.4 Å². The number of rotatable bonds is 4. The maximum Gasteiger partial charge on any atom is 0.258 e. The van der Waals surface area contributed by atoms with Crippen LogP contribution in [0.5, 0.6) is 5.75 Å². The Morgan fingerprint density at radius 2 is 1.73 bits per heavy atom. The highest BCUT2D eigenvalue weighted by molar-refractivity contribution is 5.77. The Kier molecular flexibility index (Phi) is 4.81. The Balaban J connectivity index is 1.85. The van der Waals surface area contributed by atoms with Gasteiger partial charge in [0.05, 0.1) is 11.1 Å². The molecule has 0 saturated carbocycles. The maximum absolute atomic E-state index is 12.1. The molecule has 0 bridgehead atoms. The third kappa shape index (κ3) is 5.02. The number of hydrogen-bond donors (Lipinski definition) is 2. The Labute approximate surface area is 133 Å². The Hall–Kier alpha value is -1.55. The van der Waals surface area contributed by atoms with E-state index in [0.717, 1.165) is 18.6 Å². The predicted octanol–water partition coefficient (Wildman–Crippen LogP) is 1.77. The van der Waals surface area contributed by atoms with Crippen molar-refractivity contribution in [1.29, 1.82) is 0 Å². The summed E-state index contributed by atoms with van der Waals surface area (Å²) in [5.41, 5.74) is 1.48. The van der Waals surface area contributed by atoms with E-state index in [1.807, 2.05) is 31.2 Å². The largest absolute Gasteiger partial charge is 0.484 e. The van der Waals surface area contributed by atoms with Crippen LogP contribution in [0.1, 0.15) is 46.1 Å². The second-order valence-corrected chi connectivity index (χ2v) is 7.90. The highest BCUT2D eigenvalue weighted by atomic mass is 16.5. The average molecular weight is 305 g/mol. The van der Waals surface area contributed by atoms with Crippen molar-refractivity contribution in [3.8, 4) is 5.75 Å². The topological polar surface area (TPSA) is 54.9 Å². The minimum Gasteiger partial charge on any atom is -0.484 e. The zero-order valence-corrected chi connectivity index (χ0v) is 14.4. The van der Waals surface area contributed by atoms with Crippen molar-refractivity contribution < 1.29 is 14.8 Å². The van der Waals surface area contributed by atoms with Gasteiger partial charge in [0.25, 0.3) is 5.91 Å². The van der Waals surface area contributed by atoms with E-state index in [0.29, 0.717) is 0 Å². The summed E-state index contributed by atoms with van der Waals surface area (Å²) >= 11 is 0. The molecule has 4 heteroatoms. The molecule has 1 amide bonds. The fourth-order valence-corrected chi connectivity index (χ4v) is 3.67. The zero-order valence-electron chi connectivity index (χ0n) is 14.4. The molecule has 2 rings (SSSR count). The number of aryl methyl sites for hydroxylation is 1. The van der Waals surface area contributed by atoms with Crippen LogP contribution in [0.25, 0.3) is 0 Å². The van der Waals surface area contributed by atoms with E-state index < -0.39 is 0 Å². The highest BCUT2D eigenvalue weighted by Crippen LogP contribution is 2.21. The van der Waals surface area contributed by atoms with Gasteiger partial charge in [-0.05, 0) is 46.8 Å². The monoisotopic (exact) mass is 305 g/mol. The first-order valence-corrected chi connectivity index (χ1v) is 8.01. The van der Waals surface area contributed by atoms with Crippen LogP contribution in [0.2, 0.25) is 0 Å². The molecule has 1 aliphatic heterocycles. The van der Waals surface area contributed by atoms with Crippen molar-refractivity contribution in [3.63, 3.8) is 0 Å². The summed E-state index contributed by atoms with van der Waals surface area (Å²) in [5.74, 6) is 0.692. The smallest absolute Gasteiger partial charge is 0.258 e. The molecule has 1 aromatic rings. The van der Waals surface area contributed by atoms with Crippen LogP contribution in [0.4, 0.5) is 0 Å². The lowest BCUT2D eigenvalue weighted by atomic mass is 9.79. The van der Waals surface area contributed by atoms with Crippen molar-refractivity contribution in [2.24, 2.45) is 0 Å². The quantitative estimate of drug-likeness (QED) is 0.891. The van der Waals surface area contributed by atoms with Gasteiger partial charge in [0.2, 0.25) is 0 Å². The molecule has 0 radical (unpaired) electrons. The molecule has 22 heavy (non-hydrogen) atoms. The molecular formula is C18H29N2O2+. The molecule has 1 heterocycles. The van der Waals surface area contributed by atoms with Gasteiger partial charge in [-0.2, -0.15) is 0 Å². The summed E-state index contributed by atoms with van der Waals surface area (Å²) in [5, 5.41) is 5.54. The molecular weight excluding hydrogens is 276 g/mol. The maximum atomic E-state index is 12.1. The number of carbonyl (C=O) groups is 1. The van der Waals surface area contributed by atoms with E-state index in [1.54, 1.807) is 0 Å². The minimum absolute atomic E-state index is 0.0425. The van der Waals surface area contributed by atoms with E-state index in [4.69, 9.17) is 4.74 Å². The van der Waals surface area contributed by atoms with Crippen LogP contribution in [0.15, 0.2) is 24.3 Å². The van der Waals surface area contributed by atoms with E-state index in [9.17, 15) is 4.79 Å². The summed E-state index contributed by atoms with van der Waals surface area (Å²) in [6.07, 6.45) is 1.96. The molecule has 0 spiro atoms. The molecule has 0 atom stereocenters. The summed E-state index contributed by atoms with van der Waals surface area (Å²) < 4.78 is 5.55. The summed E-state index contributed by atoms with van der Waals surface area (Å²) in [6.45, 7) is 11.0. The number of benzene rings is 1. The Morgan fingerprint density at radius 3 is 2.27 bits per heavy atom. The summed E-state index contributed by atoms with van der Waals surface area (Å²) in [7, 11) is 0. The van der Waals surface area contributed by atoms with Gasteiger partial charge in [0.15, 0.2) is 6.61 Å². The predicted molar refractivity (Wildman–Crippen MR) is 87.9 cm³/mol.